The van der Waals surface area contributed by atoms with Crippen molar-refractivity contribution in [2.24, 2.45) is 0 Å². The molecule has 0 atom stereocenters. The van der Waals surface area contributed by atoms with E-state index in [-0.39, 0.29) is 5.75 Å². The summed E-state index contributed by atoms with van der Waals surface area (Å²) in [5.74, 6) is -0.709. The Bertz CT molecular complexity index is 440. The fourth-order valence-corrected chi connectivity index (χ4v) is 4.20. The molecular weight excluding hydrogens is 280 g/mol. The molecule has 4 nitrogen and oxygen atoms in total. The second kappa shape index (κ2) is 6.70. The molecule has 1 aliphatic rings. The number of imidazole rings is 1. The van der Waals surface area contributed by atoms with Crippen LogP contribution < -0.4 is 0 Å². The summed E-state index contributed by atoms with van der Waals surface area (Å²) in [6.07, 6.45) is 8.86. The smallest absolute Gasteiger partial charge is 0.313 e. The minimum absolute atomic E-state index is 0.0800. The third kappa shape index (κ3) is 3.69. The number of hydrogen-bond acceptors (Lipinski definition) is 4. The van der Waals surface area contributed by atoms with Crippen molar-refractivity contribution in [1.29, 1.82) is 0 Å². The lowest BCUT2D eigenvalue weighted by Gasteiger charge is -2.30. The molecule has 1 N–H and O–H groups in total. The van der Waals surface area contributed by atoms with Gasteiger partial charge >= 0.3 is 5.97 Å². The summed E-state index contributed by atoms with van der Waals surface area (Å²) in [5, 5.41) is 10.4. The van der Waals surface area contributed by atoms with E-state index in [1.807, 2.05) is 18.0 Å². The number of carbonyl (C=O) groups is 1. The number of carboxylic acid groups (broad SMARTS) is 1. The van der Waals surface area contributed by atoms with Gasteiger partial charge in [0.1, 0.15) is 0 Å². The molecule has 1 heterocycles. The highest BCUT2D eigenvalue weighted by Crippen LogP contribution is 2.36. The van der Waals surface area contributed by atoms with E-state index in [2.05, 4.69) is 22.7 Å². The maximum absolute atomic E-state index is 10.7. The fourth-order valence-electron chi connectivity index (χ4n) is 2.64. The van der Waals surface area contributed by atoms with E-state index in [0.29, 0.717) is 6.04 Å². The maximum atomic E-state index is 10.7. The van der Waals surface area contributed by atoms with Gasteiger partial charge in [-0.2, -0.15) is 11.8 Å². The fraction of sp³-hybridized carbons (Fsp3) is 0.692. The standard InChI is InChI=1S/C13H20N2O2S2/c1-9-7-14-13(19-8-12(16)17)15(9)10-3-5-11(18-2)6-4-10/h7,10-11H,3-6,8H2,1-2H3,(H,16,17). The van der Waals surface area contributed by atoms with Crippen molar-refractivity contribution in [1.82, 2.24) is 9.55 Å². The predicted octanol–water partition coefficient (Wildman–Crippen LogP) is 3.21. The summed E-state index contributed by atoms with van der Waals surface area (Å²) in [6.45, 7) is 2.05. The predicted molar refractivity (Wildman–Crippen MR) is 80.1 cm³/mol. The van der Waals surface area contributed by atoms with E-state index in [1.54, 1.807) is 0 Å². The topological polar surface area (TPSA) is 55.1 Å². The van der Waals surface area contributed by atoms with Gasteiger partial charge in [-0.3, -0.25) is 4.79 Å². The van der Waals surface area contributed by atoms with Crippen molar-refractivity contribution in [2.75, 3.05) is 12.0 Å². The first-order valence-corrected chi connectivity index (χ1v) is 8.80. The lowest BCUT2D eigenvalue weighted by atomic mass is 9.94. The van der Waals surface area contributed by atoms with Crippen LogP contribution in [0.5, 0.6) is 0 Å². The van der Waals surface area contributed by atoms with Gasteiger partial charge in [0.05, 0.1) is 5.75 Å². The first-order chi connectivity index (χ1) is 9.11. The molecule has 2 rings (SSSR count). The number of nitrogens with zero attached hydrogens (tertiary/aromatic N) is 2. The molecule has 0 aromatic carbocycles. The Morgan fingerprint density at radius 1 is 1.47 bits per heavy atom. The highest BCUT2D eigenvalue weighted by atomic mass is 32.2. The Kier molecular flexibility index (Phi) is 5.21. The highest BCUT2D eigenvalue weighted by molar-refractivity contribution is 7.99. The number of aromatic nitrogens is 2. The van der Waals surface area contributed by atoms with Crippen molar-refractivity contribution >= 4 is 29.5 Å². The van der Waals surface area contributed by atoms with Gasteiger partial charge in [0.2, 0.25) is 0 Å². The van der Waals surface area contributed by atoms with Crippen LogP contribution in [0.25, 0.3) is 0 Å². The van der Waals surface area contributed by atoms with E-state index < -0.39 is 5.97 Å². The molecule has 106 valence electrons. The summed E-state index contributed by atoms with van der Waals surface area (Å²) in [6, 6.07) is 0.488. The quantitative estimate of drug-likeness (QED) is 0.846. The highest BCUT2D eigenvalue weighted by Gasteiger charge is 2.24. The second-order valence-corrected chi connectivity index (χ2v) is 6.98. The molecule has 1 fully saturated rings. The SMILES string of the molecule is CSC1CCC(n2c(C)cnc2SCC(=O)O)CC1. The van der Waals surface area contributed by atoms with Crippen LogP contribution in [-0.2, 0) is 4.79 Å². The van der Waals surface area contributed by atoms with Gasteiger partial charge in [-0.25, -0.2) is 4.98 Å². The molecule has 1 saturated carbocycles. The molecule has 0 aliphatic heterocycles. The average molecular weight is 300 g/mol. The van der Waals surface area contributed by atoms with Gasteiger partial charge in [0.15, 0.2) is 5.16 Å². The number of rotatable bonds is 5. The van der Waals surface area contributed by atoms with E-state index in [0.717, 1.165) is 16.1 Å². The zero-order valence-electron chi connectivity index (χ0n) is 11.3. The average Bonchev–Trinajstić information content (AvgIpc) is 2.78. The minimum Gasteiger partial charge on any atom is -0.481 e. The number of carboxylic acids is 1. The molecule has 0 bridgehead atoms. The summed E-state index contributed by atoms with van der Waals surface area (Å²) >= 11 is 3.28. The molecule has 0 amide bonds. The minimum atomic E-state index is -0.789. The van der Waals surface area contributed by atoms with Gasteiger partial charge < -0.3 is 9.67 Å². The largest absolute Gasteiger partial charge is 0.481 e. The monoisotopic (exact) mass is 300 g/mol. The zero-order chi connectivity index (χ0) is 13.8. The van der Waals surface area contributed by atoms with Crippen LogP contribution in [-0.4, -0.2) is 37.9 Å². The van der Waals surface area contributed by atoms with Gasteiger partial charge in [0, 0.05) is 23.2 Å². The van der Waals surface area contributed by atoms with Gasteiger partial charge in [-0.1, -0.05) is 11.8 Å². The molecule has 1 aromatic rings. The summed E-state index contributed by atoms with van der Waals surface area (Å²) in [5.41, 5.74) is 1.14. The van der Waals surface area contributed by atoms with E-state index >= 15 is 0 Å². The van der Waals surface area contributed by atoms with E-state index in [9.17, 15) is 4.79 Å². The molecule has 0 spiro atoms. The van der Waals surface area contributed by atoms with Crippen LogP contribution in [0.2, 0.25) is 0 Å². The van der Waals surface area contributed by atoms with Crippen molar-refractivity contribution in [2.45, 2.75) is 49.1 Å². The van der Waals surface area contributed by atoms with E-state index in [4.69, 9.17) is 5.11 Å². The Labute approximate surface area is 122 Å². The normalized spacial score (nSPS) is 23.5. The Morgan fingerprint density at radius 2 is 2.16 bits per heavy atom. The van der Waals surface area contributed by atoms with Gasteiger partial charge in [-0.15, -0.1) is 0 Å². The van der Waals surface area contributed by atoms with Gasteiger partial charge in [-0.05, 0) is 38.9 Å². The molecular formula is C13H20N2O2S2. The van der Waals surface area contributed by atoms with Crippen LogP contribution in [0.4, 0.5) is 0 Å². The lowest BCUT2D eigenvalue weighted by molar-refractivity contribution is -0.133. The summed E-state index contributed by atoms with van der Waals surface area (Å²) in [4.78, 5) is 15.0. The van der Waals surface area contributed by atoms with Crippen molar-refractivity contribution in [3.8, 4) is 0 Å². The molecule has 0 radical (unpaired) electrons. The number of aliphatic carboxylic acids is 1. The molecule has 1 aliphatic carbocycles. The summed E-state index contributed by atoms with van der Waals surface area (Å²) in [7, 11) is 0. The zero-order valence-corrected chi connectivity index (χ0v) is 13.0. The molecule has 19 heavy (non-hydrogen) atoms. The third-order valence-corrected chi connectivity index (χ3v) is 5.70. The van der Waals surface area contributed by atoms with Crippen LogP contribution >= 0.6 is 23.5 Å². The maximum Gasteiger partial charge on any atom is 0.313 e. The van der Waals surface area contributed by atoms with Crippen molar-refractivity contribution in [3.63, 3.8) is 0 Å². The van der Waals surface area contributed by atoms with Crippen molar-refractivity contribution < 1.29 is 9.90 Å². The third-order valence-electron chi connectivity index (χ3n) is 3.61. The number of hydrogen-bond donors (Lipinski definition) is 1. The lowest BCUT2D eigenvalue weighted by Crippen LogP contribution is -2.21. The Morgan fingerprint density at radius 3 is 2.74 bits per heavy atom. The number of thioether (sulfide) groups is 2. The first kappa shape index (κ1) is 14.8. The van der Waals surface area contributed by atoms with Gasteiger partial charge in [0.25, 0.3) is 0 Å². The second-order valence-electron chi connectivity index (χ2n) is 4.90. The Balaban J connectivity index is 2.06. The number of aryl methyl sites for hydroxylation is 1. The van der Waals surface area contributed by atoms with Crippen LogP contribution in [0.1, 0.15) is 37.4 Å². The Hall–Kier alpha value is -0.620. The first-order valence-electron chi connectivity index (χ1n) is 6.53. The molecule has 1 aromatic heterocycles. The van der Waals surface area contributed by atoms with Crippen LogP contribution in [0, 0.1) is 6.92 Å². The molecule has 6 heteroatoms. The van der Waals surface area contributed by atoms with Crippen molar-refractivity contribution in [3.05, 3.63) is 11.9 Å². The molecule has 0 saturated heterocycles. The molecule has 0 unspecified atom stereocenters. The van der Waals surface area contributed by atoms with Crippen LogP contribution in [0.15, 0.2) is 11.4 Å². The summed E-state index contributed by atoms with van der Waals surface area (Å²) < 4.78 is 2.24. The van der Waals surface area contributed by atoms with Crippen LogP contribution in [0.3, 0.4) is 0 Å². The van der Waals surface area contributed by atoms with E-state index in [1.165, 1.54) is 37.4 Å².